The van der Waals surface area contributed by atoms with Crippen LogP contribution in [-0.4, -0.2) is 4.98 Å². The predicted molar refractivity (Wildman–Crippen MR) is 60.2 cm³/mol. The van der Waals surface area contributed by atoms with Crippen LogP contribution in [0.4, 0.5) is 0 Å². The van der Waals surface area contributed by atoms with Gasteiger partial charge < -0.3 is 4.74 Å². The first-order valence-electron chi connectivity index (χ1n) is 4.92. The molecule has 2 aromatic rings. The maximum atomic E-state index is 5.70. The third-order valence-electron chi connectivity index (χ3n) is 2.21. The molecule has 0 amide bonds. The van der Waals surface area contributed by atoms with Gasteiger partial charge in [0.25, 0.3) is 0 Å². The van der Waals surface area contributed by atoms with Gasteiger partial charge in [0.1, 0.15) is 11.5 Å². The molecule has 2 rings (SSSR count). The lowest BCUT2D eigenvalue weighted by molar-refractivity contribution is 0.475. The molecule has 0 saturated carbocycles. The van der Waals surface area contributed by atoms with Gasteiger partial charge in [-0.05, 0) is 38.1 Å². The van der Waals surface area contributed by atoms with Crippen LogP contribution in [0.2, 0.25) is 0 Å². The summed E-state index contributed by atoms with van der Waals surface area (Å²) in [4.78, 5) is 4.17. The highest BCUT2D eigenvalue weighted by Crippen LogP contribution is 2.23. The molecule has 0 bridgehead atoms. The van der Waals surface area contributed by atoms with E-state index in [9.17, 15) is 0 Å². The van der Waals surface area contributed by atoms with Gasteiger partial charge in [-0.2, -0.15) is 0 Å². The van der Waals surface area contributed by atoms with Gasteiger partial charge in [0.15, 0.2) is 0 Å². The van der Waals surface area contributed by atoms with Crippen molar-refractivity contribution >= 4 is 0 Å². The lowest BCUT2D eigenvalue weighted by Gasteiger charge is -2.07. The normalized spacial score (nSPS) is 10.0. The van der Waals surface area contributed by atoms with Gasteiger partial charge in [-0.3, -0.25) is 4.98 Å². The highest BCUT2D eigenvalue weighted by Gasteiger charge is 2.00. The Kier molecular flexibility index (Phi) is 2.68. The molecule has 0 fully saturated rings. The molecule has 0 N–H and O–H groups in total. The Bertz CT molecular complexity index is 448. The number of benzene rings is 1. The summed E-state index contributed by atoms with van der Waals surface area (Å²) in [6.45, 7) is 3.99. The molecule has 76 valence electrons. The number of pyridine rings is 1. The number of hydrogen-bond acceptors (Lipinski definition) is 2. The first kappa shape index (κ1) is 9.71. The van der Waals surface area contributed by atoms with Crippen LogP contribution in [0.5, 0.6) is 11.5 Å². The van der Waals surface area contributed by atoms with E-state index in [0.717, 1.165) is 17.2 Å². The van der Waals surface area contributed by atoms with Gasteiger partial charge in [0, 0.05) is 6.20 Å². The molecular formula is C13H13NO. The summed E-state index contributed by atoms with van der Waals surface area (Å²) in [7, 11) is 0. The standard InChI is InChI=1S/C13H13NO/c1-10-5-7-12(8-6-10)15-13-4-3-9-14-11(13)2/h3-9H,1-2H3. The topological polar surface area (TPSA) is 22.1 Å². The maximum absolute atomic E-state index is 5.70. The number of hydrogen-bond donors (Lipinski definition) is 0. The van der Waals surface area contributed by atoms with E-state index >= 15 is 0 Å². The molecule has 0 spiro atoms. The largest absolute Gasteiger partial charge is 0.455 e. The summed E-state index contributed by atoms with van der Waals surface area (Å²) in [6, 6.07) is 11.8. The third kappa shape index (κ3) is 2.34. The number of aryl methyl sites for hydroxylation is 2. The predicted octanol–water partition coefficient (Wildman–Crippen LogP) is 3.49. The van der Waals surface area contributed by atoms with Gasteiger partial charge in [-0.15, -0.1) is 0 Å². The van der Waals surface area contributed by atoms with Crippen molar-refractivity contribution in [2.24, 2.45) is 0 Å². The summed E-state index contributed by atoms with van der Waals surface area (Å²) in [5.74, 6) is 1.65. The average molecular weight is 199 g/mol. The zero-order valence-electron chi connectivity index (χ0n) is 8.90. The molecule has 0 saturated heterocycles. The lowest BCUT2D eigenvalue weighted by atomic mass is 10.2. The van der Waals surface area contributed by atoms with Crippen LogP contribution in [0.15, 0.2) is 42.6 Å². The molecule has 0 radical (unpaired) electrons. The lowest BCUT2D eigenvalue weighted by Crippen LogP contribution is -1.89. The van der Waals surface area contributed by atoms with Gasteiger partial charge in [0.2, 0.25) is 0 Å². The van der Waals surface area contributed by atoms with E-state index < -0.39 is 0 Å². The zero-order chi connectivity index (χ0) is 10.7. The van der Waals surface area contributed by atoms with Gasteiger partial charge in [-0.1, -0.05) is 17.7 Å². The van der Waals surface area contributed by atoms with Crippen LogP contribution >= 0.6 is 0 Å². The SMILES string of the molecule is Cc1ccc(Oc2cccnc2C)cc1. The van der Waals surface area contributed by atoms with Crippen LogP contribution in [0.25, 0.3) is 0 Å². The number of aromatic nitrogens is 1. The summed E-state index contributed by atoms with van der Waals surface area (Å²) in [6.07, 6.45) is 1.76. The Morgan fingerprint density at radius 1 is 1.00 bits per heavy atom. The average Bonchev–Trinajstić information content (AvgIpc) is 2.25. The van der Waals surface area contributed by atoms with Crippen molar-refractivity contribution in [1.29, 1.82) is 0 Å². The smallest absolute Gasteiger partial charge is 0.148 e. The summed E-state index contributed by atoms with van der Waals surface area (Å²) in [5.41, 5.74) is 2.13. The molecule has 0 aliphatic heterocycles. The second-order valence-corrected chi connectivity index (χ2v) is 3.50. The number of nitrogens with zero attached hydrogens (tertiary/aromatic N) is 1. The van der Waals surface area contributed by atoms with Crippen molar-refractivity contribution in [3.63, 3.8) is 0 Å². The fourth-order valence-corrected chi connectivity index (χ4v) is 1.31. The number of rotatable bonds is 2. The molecule has 1 aromatic heterocycles. The van der Waals surface area contributed by atoms with Crippen molar-refractivity contribution in [2.75, 3.05) is 0 Å². The highest BCUT2D eigenvalue weighted by atomic mass is 16.5. The molecule has 0 aliphatic carbocycles. The van der Waals surface area contributed by atoms with E-state index in [1.807, 2.05) is 43.3 Å². The molecule has 1 aromatic carbocycles. The van der Waals surface area contributed by atoms with E-state index in [0.29, 0.717) is 0 Å². The fraction of sp³-hybridized carbons (Fsp3) is 0.154. The van der Waals surface area contributed by atoms with E-state index in [4.69, 9.17) is 4.74 Å². The van der Waals surface area contributed by atoms with E-state index in [2.05, 4.69) is 11.9 Å². The van der Waals surface area contributed by atoms with Crippen molar-refractivity contribution < 1.29 is 4.74 Å². The molecule has 0 atom stereocenters. The Labute approximate surface area is 89.6 Å². The third-order valence-corrected chi connectivity index (χ3v) is 2.21. The quantitative estimate of drug-likeness (QED) is 0.738. The minimum atomic E-state index is 0.807. The zero-order valence-corrected chi connectivity index (χ0v) is 8.90. The van der Waals surface area contributed by atoms with Gasteiger partial charge in [-0.25, -0.2) is 0 Å². The van der Waals surface area contributed by atoms with Crippen LogP contribution in [-0.2, 0) is 0 Å². The van der Waals surface area contributed by atoms with Crippen LogP contribution in [0.1, 0.15) is 11.3 Å². The Morgan fingerprint density at radius 3 is 2.40 bits per heavy atom. The molecule has 0 aliphatic rings. The van der Waals surface area contributed by atoms with Crippen molar-refractivity contribution in [3.05, 3.63) is 53.9 Å². The molecule has 2 nitrogen and oxygen atoms in total. The number of ether oxygens (including phenoxy) is 1. The van der Waals surface area contributed by atoms with E-state index in [1.165, 1.54) is 5.56 Å². The van der Waals surface area contributed by atoms with E-state index in [1.54, 1.807) is 6.20 Å². The summed E-state index contributed by atoms with van der Waals surface area (Å²) < 4.78 is 5.70. The minimum absolute atomic E-state index is 0.807. The molecule has 15 heavy (non-hydrogen) atoms. The van der Waals surface area contributed by atoms with Crippen molar-refractivity contribution in [2.45, 2.75) is 13.8 Å². The molecule has 2 heteroatoms. The second-order valence-electron chi connectivity index (χ2n) is 3.50. The monoisotopic (exact) mass is 199 g/mol. The Balaban J connectivity index is 2.22. The fourth-order valence-electron chi connectivity index (χ4n) is 1.31. The van der Waals surface area contributed by atoms with Crippen molar-refractivity contribution in [1.82, 2.24) is 4.98 Å². The first-order chi connectivity index (χ1) is 7.25. The Morgan fingerprint density at radius 2 is 1.73 bits per heavy atom. The van der Waals surface area contributed by atoms with Crippen LogP contribution in [0, 0.1) is 13.8 Å². The summed E-state index contributed by atoms with van der Waals surface area (Å²) >= 11 is 0. The summed E-state index contributed by atoms with van der Waals surface area (Å²) in [5, 5.41) is 0. The minimum Gasteiger partial charge on any atom is -0.455 e. The first-order valence-corrected chi connectivity index (χ1v) is 4.92. The van der Waals surface area contributed by atoms with Gasteiger partial charge in [0.05, 0.1) is 5.69 Å². The molecule has 0 unspecified atom stereocenters. The van der Waals surface area contributed by atoms with Crippen LogP contribution in [0.3, 0.4) is 0 Å². The van der Waals surface area contributed by atoms with Gasteiger partial charge >= 0.3 is 0 Å². The van der Waals surface area contributed by atoms with Crippen LogP contribution < -0.4 is 4.74 Å². The second kappa shape index (κ2) is 4.13. The van der Waals surface area contributed by atoms with E-state index in [-0.39, 0.29) is 0 Å². The Hall–Kier alpha value is -1.83. The maximum Gasteiger partial charge on any atom is 0.148 e. The van der Waals surface area contributed by atoms with Crippen molar-refractivity contribution in [3.8, 4) is 11.5 Å². The highest BCUT2D eigenvalue weighted by molar-refractivity contribution is 5.34. The molecule has 1 heterocycles. The molecular weight excluding hydrogens is 186 g/mol.